The van der Waals surface area contributed by atoms with Crippen molar-refractivity contribution in [3.05, 3.63) is 0 Å². The molecule has 0 aromatic rings. The molecule has 0 bridgehead atoms. The minimum absolute atomic E-state index is 0.844. The van der Waals surface area contributed by atoms with E-state index in [0.717, 1.165) is 13.2 Å². The molecule has 0 aliphatic carbocycles. The fourth-order valence-corrected chi connectivity index (χ4v) is 0.204. The van der Waals surface area contributed by atoms with E-state index in [4.69, 9.17) is 10.00 Å². The molecule has 0 aliphatic rings. The van der Waals surface area contributed by atoms with Crippen LogP contribution < -0.4 is 0 Å². The molecular weight excluding hydrogens is 170 g/mol. The summed E-state index contributed by atoms with van der Waals surface area (Å²) >= 11 is 0. The maximum atomic E-state index is 9.67. The van der Waals surface area contributed by atoms with E-state index in [0.29, 0.717) is 0 Å². The van der Waals surface area contributed by atoms with Crippen LogP contribution in [0.2, 0.25) is 0 Å². The van der Waals surface area contributed by atoms with Crippen LogP contribution >= 0.6 is 0 Å². The van der Waals surface area contributed by atoms with Gasteiger partial charge in [0.25, 0.3) is 0 Å². The van der Waals surface area contributed by atoms with Gasteiger partial charge in [0.2, 0.25) is 0 Å². The van der Waals surface area contributed by atoms with Crippen molar-refractivity contribution >= 4 is 7.54 Å². The summed E-state index contributed by atoms with van der Waals surface area (Å²) in [5.74, 6) is 0. The van der Waals surface area contributed by atoms with Crippen LogP contribution in [0, 0.1) is 11.3 Å². The molecule has 0 radical (unpaired) electrons. The standard InChI is InChI=1S/C4H10O.C2H3N.BF3/c1-3-5-4-2;1-2-3;2-1(3)4/h3-4H2,1-2H3;1H3;. The van der Waals surface area contributed by atoms with Crippen molar-refractivity contribution in [3.8, 4) is 6.07 Å². The van der Waals surface area contributed by atoms with E-state index in [1.54, 1.807) is 6.07 Å². The zero-order chi connectivity index (χ0) is 10.4. The van der Waals surface area contributed by atoms with Crippen LogP contribution in [0.1, 0.15) is 20.8 Å². The first kappa shape index (κ1) is 17.4. The topological polar surface area (TPSA) is 33.0 Å². The molecule has 0 atom stereocenters. The molecule has 12 heavy (non-hydrogen) atoms. The van der Waals surface area contributed by atoms with Crippen molar-refractivity contribution in [1.29, 1.82) is 5.26 Å². The number of nitrogens with zero attached hydrogens (tertiary/aromatic N) is 1. The fraction of sp³-hybridized carbons (Fsp3) is 0.833. The average molecular weight is 183 g/mol. The molecule has 0 aliphatic heterocycles. The smallest absolute Gasteiger partial charge is 0.382 e. The highest BCUT2D eigenvalue weighted by Gasteiger charge is 2.06. The van der Waals surface area contributed by atoms with Crippen molar-refractivity contribution < 1.29 is 17.7 Å². The first-order chi connectivity index (χ1) is 5.56. The summed E-state index contributed by atoms with van der Waals surface area (Å²) < 4.78 is 33.8. The van der Waals surface area contributed by atoms with Gasteiger partial charge in [0, 0.05) is 20.1 Å². The molecule has 0 unspecified atom stereocenters. The van der Waals surface area contributed by atoms with Crippen LogP contribution in [-0.4, -0.2) is 20.8 Å². The first-order valence-electron chi connectivity index (χ1n) is 3.37. The Hall–Kier alpha value is -0.695. The van der Waals surface area contributed by atoms with Crippen molar-refractivity contribution in [1.82, 2.24) is 0 Å². The van der Waals surface area contributed by atoms with Gasteiger partial charge in [0.15, 0.2) is 0 Å². The Morgan fingerprint density at radius 2 is 1.42 bits per heavy atom. The first-order valence-corrected chi connectivity index (χ1v) is 3.37. The van der Waals surface area contributed by atoms with Gasteiger partial charge in [0.1, 0.15) is 0 Å². The number of ether oxygens (including phenoxy) is 1. The summed E-state index contributed by atoms with van der Waals surface area (Å²) in [6.07, 6.45) is 0. The van der Waals surface area contributed by atoms with E-state index < -0.39 is 7.54 Å². The molecule has 0 N–H and O–H groups in total. The lowest BCUT2D eigenvalue weighted by atomic mass is 10.5. The molecule has 72 valence electrons. The molecule has 0 aromatic carbocycles. The normalized spacial score (nSPS) is 6.42. The van der Waals surface area contributed by atoms with Gasteiger partial charge in [-0.15, -0.1) is 0 Å². The van der Waals surface area contributed by atoms with Crippen LogP contribution in [-0.2, 0) is 4.74 Å². The molecule has 0 rings (SSSR count). The van der Waals surface area contributed by atoms with E-state index in [1.807, 2.05) is 13.8 Å². The lowest BCUT2D eigenvalue weighted by molar-refractivity contribution is 0.162. The Morgan fingerprint density at radius 1 is 1.25 bits per heavy atom. The molecule has 0 spiro atoms. The van der Waals surface area contributed by atoms with Gasteiger partial charge in [-0.2, -0.15) is 5.26 Å². The molecule has 0 heterocycles. The number of halogens is 3. The SMILES string of the molecule is CC#N.CCOCC.FB(F)F. The van der Waals surface area contributed by atoms with Crippen LogP contribution in [0.5, 0.6) is 0 Å². The van der Waals surface area contributed by atoms with E-state index in [9.17, 15) is 12.9 Å². The highest BCUT2D eigenvalue weighted by atomic mass is 19.4. The summed E-state index contributed by atoms with van der Waals surface area (Å²) in [6, 6.07) is 1.75. The molecule has 0 aromatic heterocycles. The van der Waals surface area contributed by atoms with Gasteiger partial charge in [0.05, 0.1) is 6.07 Å². The fourth-order valence-electron chi connectivity index (χ4n) is 0.204. The Balaban J connectivity index is -0.000000105. The van der Waals surface area contributed by atoms with E-state index in [-0.39, 0.29) is 0 Å². The minimum atomic E-state index is -3.67. The Kier molecular flexibility index (Phi) is 32.6. The largest absolute Gasteiger partial charge is 0.762 e. The van der Waals surface area contributed by atoms with Crippen molar-refractivity contribution in [2.75, 3.05) is 13.2 Å². The second-order valence-corrected chi connectivity index (χ2v) is 1.25. The third-order valence-electron chi connectivity index (χ3n) is 0.408. The van der Waals surface area contributed by atoms with Gasteiger partial charge in [-0.05, 0) is 13.8 Å². The molecule has 0 fully saturated rings. The molecular formula is C6H13BF3NO. The van der Waals surface area contributed by atoms with Crippen molar-refractivity contribution in [2.45, 2.75) is 20.8 Å². The monoisotopic (exact) mass is 183 g/mol. The minimum Gasteiger partial charge on any atom is -0.382 e. The Morgan fingerprint density at radius 3 is 1.42 bits per heavy atom. The average Bonchev–Trinajstić information content (AvgIpc) is 1.89. The molecule has 2 nitrogen and oxygen atoms in total. The molecule has 6 heteroatoms. The van der Waals surface area contributed by atoms with Crippen LogP contribution in [0.3, 0.4) is 0 Å². The zero-order valence-electron chi connectivity index (χ0n) is 7.48. The van der Waals surface area contributed by atoms with Gasteiger partial charge in [-0.1, -0.05) is 0 Å². The van der Waals surface area contributed by atoms with Crippen molar-refractivity contribution in [3.63, 3.8) is 0 Å². The maximum Gasteiger partial charge on any atom is 0.762 e. The predicted octanol–water partition coefficient (Wildman–Crippen LogP) is 2.45. The lowest BCUT2D eigenvalue weighted by Gasteiger charge is -1.86. The van der Waals surface area contributed by atoms with Gasteiger partial charge in [-0.25, -0.2) is 0 Å². The summed E-state index contributed by atoms with van der Waals surface area (Å²) in [5.41, 5.74) is 0. The van der Waals surface area contributed by atoms with Gasteiger partial charge < -0.3 is 4.74 Å². The second-order valence-electron chi connectivity index (χ2n) is 1.25. The molecule has 0 amide bonds. The number of rotatable bonds is 2. The third-order valence-corrected chi connectivity index (χ3v) is 0.408. The highest BCUT2D eigenvalue weighted by Crippen LogP contribution is 1.80. The summed E-state index contributed by atoms with van der Waals surface area (Å²) in [5, 5.41) is 7.32. The lowest BCUT2D eigenvalue weighted by Crippen LogP contribution is -1.84. The number of nitriles is 1. The van der Waals surface area contributed by atoms with Gasteiger partial charge >= 0.3 is 7.54 Å². The van der Waals surface area contributed by atoms with Crippen molar-refractivity contribution in [2.24, 2.45) is 0 Å². The quantitative estimate of drug-likeness (QED) is 0.616. The summed E-state index contributed by atoms with van der Waals surface area (Å²) in [6.45, 7) is 7.10. The van der Waals surface area contributed by atoms with E-state index in [2.05, 4.69) is 0 Å². The van der Waals surface area contributed by atoms with E-state index in [1.165, 1.54) is 6.92 Å². The maximum absolute atomic E-state index is 9.67. The molecule has 0 saturated carbocycles. The van der Waals surface area contributed by atoms with E-state index >= 15 is 0 Å². The summed E-state index contributed by atoms with van der Waals surface area (Å²) in [7, 11) is -3.67. The predicted molar refractivity (Wildman–Crippen MR) is 42.5 cm³/mol. The second kappa shape index (κ2) is 22.4. The number of hydrogen-bond acceptors (Lipinski definition) is 2. The van der Waals surface area contributed by atoms with Crippen LogP contribution in [0.15, 0.2) is 0 Å². The molecule has 0 saturated heterocycles. The Labute approximate surface area is 71.5 Å². The number of hydrogen-bond donors (Lipinski definition) is 0. The Bertz CT molecular complexity index is 92.5. The third kappa shape index (κ3) is 377. The van der Waals surface area contributed by atoms with Crippen LogP contribution in [0.25, 0.3) is 0 Å². The van der Waals surface area contributed by atoms with Gasteiger partial charge in [-0.3, -0.25) is 12.9 Å². The summed E-state index contributed by atoms with van der Waals surface area (Å²) in [4.78, 5) is 0. The van der Waals surface area contributed by atoms with Crippen LogP contribution in [0.4, 0.5) is 12.9 Å². The highest BCUT2D eigenvalue weighted by molar-refractivity contribution is 6.33. The zero-order valence-corrected chi connectivity index (χ0v) is 7.48.